The molecule has 0 spiro atoms. The van der Waals surface area contributed by atoms with Crippen LogP contribution in [-0.4, -0.2) is 9.97 Å². The van der Waals surface area contributed by atoms with Gasteiger partial charge in [-0.3, -0.25) is 0 Å². The molecule has 0 radical (unpaired) electrons. The van der Waals surface area contributed by atoms with Crippen molar-refractivity contribution >= 4 is 32.7 Å². The molecular formula is C59H40N2O. The average molecular weight is 793 g/mol. The monoisotopic (exact) mass is 792 g/mol. The summed E-state index contributed by atoms with van der Waals surface area (Å²) in [6, 6.07) is 73.8. The largest absolute Gasteiger partial charge is 0.455 e. The third-order valence-electron chi connectivity index (χ3n) is 12.9. The lowest BCUT2D eigenvalue weighted by atomic mass is 9.81. The van der Waals surface area contributed by atoms with Gasteiger partial charge in [-0.25, -0.2) is 9.97 Å². The SMILES string of the molecule is CC1(C)c2ccccc2-c2ccc(-c3ccc(-c4cc(-c5cc(-c6ccc7ccccc7c6)cc(-c6cccc7c6oc6ccccc67)c5)nc(-c5ccccc5)n4)cc3)cc21. The minimum atomic E-state index is -0.0584. The molecule has 0 amide bonds. The summed E-state index contributed by atoms with van der Waals surface area (Å²) in [6.45, 7) is 4.67. The Morgan fingerprint density at radius 3 is 1.84 bits per heavy atom. The number of hydrogen-bond acceptors (Lipinski definition) is 3. The number of aromatic nitrogens is 2. The second kappa shape index (κ2) is 14.1. The highest BCUT2D eigenvalue weighted by molar-refractivity contribution is 6.10. The molecule has 9 aromatic carbocycles. The van der Waals surface area contributed by atoms with Gasteiger partial charge in [0.05, 0.1) is 11.4 Å². The van der Waals surface area contributed by atoms with E-state index >= 15 is 0 Å². The van der Waals surface area contributed by atoms with E-state index in [1.54, 1.807) is 0 Å². The Labute approximate surface area is 360 Å². The number of furan rings is 1. The van der Waals surface area contributed by atoms with Crippen molar-refractivity contribution in [3.63, 3.8) is 0 Å². The zero-order valence-electron chi connectivity index (χ0n) is 34.4. The lowest BCUT2D eigenvalue weighted by molar-refractivity contribution is 0.660. The molecule has 0 saturated heterocycles. The van der Waals surface area contributed by atoms with Crippen LogP contribution in [0, 0.1) is 0 Å². The Kier molecular flexibility index (Phi) is 8.20. The molecule has 0 fully saturated rings. The van der Waals surface area contributed by atoms with Gasteiger partial charge < -0.3 is 4.42 Å². The average Bonchev–Trinajstić information content (AvgIpc) is 3.83. The summed E-state index contributed by atoms with van der Waals surface area (Å²) in [6.07, 6.45) is 0. The van der Waals surface area contributed by atoms with Gasteiger partial charge in [0.25, 0.3) is 0 Å². The molecule has 12 rings (SSSR count). The molecule has 0 N–H and O–H groups in total. The third kappa shape index (κ3) is 5.96. The van der Waals surface area contributed by atoms with E-state index in [1.165, 1.54) is 44.2 Å². The van der Waals surface area contributed by atoms with E-state index in [4.69, 9.17) is 14.4 Å². The molecule has 62 heavy (non-hydrogen) atoms. The fraction of sp³-hybridized carbons (Fsp3) is 0.0508. The van der Waals surface area contributed by atoms with Crippen molar-refractivity contribution in [3.8, 4) is 78.4 Å². The third-order valence-corrected chi connectivity index (χ3v) is 12.9. The summed E-state index contributed by atoms with van der Waals surface area (Å²) in [5, 5.41) is 4.62. The summed E-state index contributed by atoms with van der Waals surface area (Å²) < 4.78 is 6.60. The Morgan fingerprint density at radius 1 is 0.355 bits per heavy atom. The van der Waals surface area contributed by atoms with Crippen LogP contribution in [0.3, 0.4) is 0 Å². The lowest BCUT2D eigenvalue weighted by Crippen LogP contribution is -2.14. The fourth-order valence-electron chi connectivity index (χ4n) is 9.62. The van der Waals surface area contributed by atoms with E-state index in [-0.39, 0.29) is 5.41 Å². The molecule has 3 heteroatoms. The highest BCUT2D eigenvalue weighted by Crippen LogP contribution is 2.49. The van der Waals surface area contributed by atoms with Crippen molar-refractivity contribution < 1.29 is 4.42 Å². The van der Waals surface area contributed by atoms with E-state index in [0.717, 1.165) is 72.3 Å². The standard InChI is InChI=1S/C59H40N2O/c1-59(2)52-21-10-8-17-48(52)49-30-29-43(35-53(49)59)38-23-26-39(27-24-38)54-36-55(61-58(60-54)40-14-4-3-5-15-40)46-33-44(42-28-25-37-13-6-7-16-41(37)31-42)32-45(34-46)47-19-12-20-51-50-18-9-11-22-56(50)62-57(47)51/h3-36H,1-2H3. The number of fused-ring (bicyclic) bond motifs is 7. The van der Waals surface area contributed by atoms with Gasteiger partial charge in [-0.15, -0.1) is 0 Å². The van der Waals surface area contributed by atoms with Crippen LogP contribution >= 0.6 is 0 Å². The summed E-state index contributed by atoms with van der Waals surface area (Å²) in [4.78, 5) is 10.5. The first-order valence-corrected chi connectivity index (χ1v) is 21.3. The van der Waals surface area contributed by atoms with E-state index in [9.17, 15) is 0 Å². The summed E-state index contributed by atoms with van der Waals surface area (Å²) in [7, 11) is 0. The van der Waals surface area contributed by atoms with Crippen molar-refractivity contribution in [1.82, 2.24) is 9.97 Å². The maximum Gasteiger partial charge on any atom is 0.160 e. The molecule has 1 aliphatic carbocycles. The molecule has 0 bridgehead atoms. The maximum absolute atomic E-state index is 6.60. The Balaban J connectivity index is 1.01. The van der Waals surface area contributed by atoms with E-state index in [2.05, 4.69) is 190 Å². The minimum Gasteiger partial charge on any atom is -0.455 e. The molecular weight excluding hydrogens is 753 g/mol. The van der Waals surface area contributed by atoms with Crippen LogP contribution in [0.1, 0.15) is 25.0 Å². The quantitative estimate of drug-likeness (QED) is 0.168. The van der Waals surface area contributed by atoms with Crippen LogP contribution in [0.2, 0.25) is 0 Å². The van der Waals surface area contributed by atoms with Crippen LogP contribution < -0.4 is 0 Å². The molecule has 11 aromatic rings. The summed E-state index contributed by atoms with van der Waals surface area (Å²) in [5.74, 6) is 0.680. The number of benzene rings is 9. The predicted octanol–water partition coefficient (Wildman–Crippen LogP) is 15.8. The minimum absolute atomic E-state index is 0.0584. The van der Waals surface area contributed by atoms with Crippen molar-refractivity contribution in [2.75, 3.05) is 0 Å². The topological polar surface area (TPSA) is 38.9 Å². The molecule has 292 valence electrons. The molecule has 0 aliphatic heterocycles. The van der Waals surface area contributed by atoms with Gasteiger partial charge in [0.15, 0.2) is 5.82 Å². The van der Waals surface area contributed by atoms with Crippen molar-refractivity contribution in [1.29, 1.82) is 0 Å². The van der Waals surface area contributed by atoms with Gasteiger partial charge in [0.2, 0.25) is 0 Å². The van der Waals surface area contributed by atoms with Crippen LogP contribution in [0.15, 0.2) is 211 Å². The molecule has 1 aliphatic rings. The lowest BCUT2D eigenvalue weighted by Gasteiger charge is -2.22. The maximum atomic E-state index is 6.60. The molecule has 0 atom stereocenters. The Morgan fingerprint density at radius 2 is 0.968 bits per heavy atom. The van der Waals surface area contributed by atoms with Gasteiger partial charge in [0, 0.05) is 38.4 Å². The highest BCUT2D eigenvalue weighted by Gasteiger charge is 2.35. The number of hydrogen-bond donors (Lipinski definition) is 0. The zero-order valence-corrected chi connectivity index (χ0v) is 34.4. The molecule has 2 heterocycles. The molecule has 0 unspecified atom stereocenters. The van der Waals surface area contributed by atoms with Crippen molar-refractivity contribution in [3.05, 3.63) is 217 Å². The Bertz CT molecular complexity index is 3540. The number of rotatable bonds is 6. The van der Waals surface area contributed by atoms with E-state index in [1.807, 2.05) is 30.3 Å². The first kappa shape index (κ1) is 36.0. The highest BCUT2D eigenvalue weighted by atomic mass is 16.3. The smallest absolute Gasteiger partial charge is 0.160 e. The second-order valence-corrected chi connectivity index (χ2v) is 17.0. The van der Waals surface area contributed by atoms with Crippen LogP contribution in [-0.2, 0) is 5.41 Å². The van der Waals surface area contributed by atoms with Gasteiger partial charge in [-0.05, 0) is 103 Å². The van der Waals surface area contributed by atoms with Crippen LogP contribution in [0.25, 0.3) is 111 Å². The first-order valence-electron chi connectivity index (χ1n) is 21.3. The number of para-hydroxylation sites is 2. The fourth-order valence-corrected chi connectivity index (χ4v) is 9.62. The van der Waals surface area contributed by atoms with E-state index < -0.39 is 0 Å². The van der Waals surface area contributed by atoms with Crippen molar-refractivity contribution in [2.45, 2.75) is 19.3 Å². The summed E-state index contributed by atoms with van der Waals surface area (Å²) in [5.41, 5.74) is 18.5. The van der Waals surface area contributed by atoms with Gasteiger partial charge in [-0.2, -0.15) is 0 Å². The number of nitrogens with zero attached hydrogens (tertiary/aromatic N) is 2. The van der Waals surface area contributed by atoms with Crippen LogP contribution in [0.4, 0.5) is 0 Å². The normalized spacial score (nSPS) is 12.8. The van der Waals surface area contributed by atoms with Gasteiger partial charge in [0.1, 0.15) is 11.2 Å². The zero-order chi connectivity index (χ0) is 41.4. The molecule has 0 saturated carbocycles. The van der Waals surface area contributed by atoms with E-state index in [0.29, 0.717) is 5.82 Å². The van der Waals surface area contributed by atoms with Gasteiger partial charge in [-0.1, -0.05) is 178 Å². The Hall–Kier alpha value is -7.88. The first-order chi connectivity index (χ1) is 30.4. The summed E-state index contributed by atoms with van der Waals surface area (Å²) >= 11 is 0. The molecule has 2 aromatic heterocycles. The van der Waals surface area contributed by atoms with Crippen molar-refractivity contribution in [2.24, 2.45) is 0 Å². The predicted molar refractivity (Wildman–Crippen MR) is 257 cm³/mol. The van der Waals surface area contributed by atoms with Gasteiger partial charge >= 0.3 is 0 Å². The van der Waals surface area contributed by atoms with Crippen LogP contribution in [0.5, 0.6) is 0 Å². The second-order valence-electron chi connectivity index (χ2n) is 17.0. The molecule has 3 nitrogen and oxygen atoms in total.